The Balaban J connectivity index is 2.20. The number of halogens is 4. The van der Waals surface area contributed by atoms with Crippen molar-refractivity contribution >= 4 is 52.5 Å². The molecule has 3 rings (SSSR count). The zero-order chi connectivity index (χ0) is 19.7. The molecule has 0 saturated heterocycles. The first kappa shape index (κ1) is 19.9. The van der Waals surface area contributed by atoms with Gasteiger partial charge >= 0.3 is 0 Å². The number of nitrogens with zero attached hydrogens (tertiary/aromatic N) is 3. The average Bonchev–Trinajstić information content (AvgIpc) is 3.00. The van der Waals surface area contributed by atoms with Crippen molar-refractivity contribution in [3.05, 3.63) is 57.3 Å². The van der Waals surface area contributed by atoms with Gasteiger partial charge in [-0.1, -0.05) is 46.6 Å². The van der Waals surface area contributed by atoms with Crippen LogP contribution in [0.15, 0.2) is 41.6 Å². The zero-order valence-corrected chi connectivity index (χ0v) is 16.9. The number of amides is 1. The number of carbonyl (C=O) groups is 1. The van der Waals surface area contributed by atoms with E-state index in [9.17, 15) is 9.18 Å². The molecule has 1 aromatic heterocycles. The molecule has 140 valence electrons. The molecule has 27 heavy (non-hydrogen) atoms. The zero-order valence-electron chi connectivity index (χ0n) is 13.8. The van der Waals surface area contributed by atoms with E-state index in [4.69, 9.17) is 40.5 Å². The van der Waals surface area contributed by atoms with Crippen LogP contribution in [0.4, 0.5) is 4.39 Å². The quantitative estimate of drug-likeness (QED) is 0.561. The maximum absolute atomic E-state index is 13.6. The lowest BCUT2D eigenvalue weighted by Crippen LogP contribution is -2.23. The lowest BCUT2D eigenvalue weighted by molar-refractivity contribution is -0.117. The van der Waals surface area contributed by atoms with Crippen molar-refractivity contribution in [1.29, 1.82) is 0 Å². The molecule has 0 spiro atoms. The van der Waals surface area contributed by atoms with Crippen molar-refractivity contribution in [1.82, 2.24) is 14.8 Å². The fourth-order valence-corrected chi connectivity index (χ4v) is 3.75. The molecular formula is C17H12Cl3FN4OS. The van der Waals surface area contributed by atoms with Crippen LogP contribution < -0.4 is 5.73 Å². The molecule has 1 atom stereocenters. The summed E-state index contributed by atoms with van der Waals surface area (Å²) in [5.74, 6) is -0.671. The van der Waals surface area contributed by atoms with Crippen LogP contribution in [0.2, 0.25) is 15.1 Å². The van der Waals surface area contributed by atoms with Gasteiger partial charge in [-0.05, 0) is 43.3 Å². The summed E-state index contributed by atoms with van der Waals surface area (Å²) in [7, 11) is 0. The molecule has 0 saturated carbocycles. The summed E-state index contributed by atoms with van der Waals surface area (Å²) in [5.41, 5.74) is 6.42. The molecule has 0 unspecified atom stereocenters. The number of benzene rings is 2. The van der Waals surface area contributed by atoms with Crippen LogP contribution in [0, 0.1) is 5.82 Å². The molecule has 2 aromatic carbocycles. The van der Waals surface area contributed by atoms with Crippen molar-refractivity contribution in [3.63, 3.8) is 0 Å². The molecule has 3 aromatic rings. The van der Waals surface area contributed by atoms with Crippen LogP contribution in [-0.2, 0) is 4.79 Å². The Bertz CT molecular complexity index is 1030. The highest BCUT2D eigenvalue weighted by molar-refractivity contribution is 8.00. The standard InChI is InChI=1S/C17H12Cl3FN4OS/c1-8(15(22)26)27-17-24-23-16(11-4-2-9(18)6-12(11)19)25(17)10-3-5-14(21)13(20)7-10/h2-8H,1H3,(H2,22,26)/t8-/m1/s1. The van der Waals surface area contributed by atoms with E-state index in [0.29, 0.717) is 32.3 Å². The molecule has 1 heterocycles. The second-order valence-corrected chi connectivity index (χ2v) is 8.09. The molecule has 0 aliphatic carbocycles. The van der Waals surface area contributed by atoms with Crippen molar-refractivity contribution in [2.75, 3.05) is 0 Å². The third-order valence-corrected chi connectivity index (χ3v) is 5.55. The van der Waals surface area contributed by atoms with Crippen LogP contribution in [0.5, 0.6) is 0 Å². The van der Waals surface area contributed by atoms with Gasteiger partial charge in [-0.2, -0.15) is 0 Å². The minimum Gasteiger partial charge on any atom is -0.369 e. The van der Waals surface area contributed by atoms with Gasteiger partial charge in [0.1, 0.15) is 5.82 Å². The summed E-state index contributed by atoms with van der Waals surface area (Å²) in [6.07, 6.45) is 0. The summed E-state index contributed by atoms with van der Waals surface area (Å²) in [4.78, 5) is 11.5. The Morgan fingerprint density at radius 1 is 1.15 bits per heavy atom. The SMILES string of the molecule is C[C@@H](Sc1nnc(-c2ccc(Cl)cc2Cl)n1-c1ccc(F)c(Cl)c1)C(N)=O. The Labute approximate surface area is 173 Å². The van der Waals surface area contributed by atoms with Gasteiger partial charge in [-0.3, -0.25) is 9.36 Å². The number of aromatic nitrogens is 3. The van der Waals surface area contributed by atoms with Crippen molar-refractivity contribution in [2.45, 2.75) is 17.3 Å². The van der Waals surface area contributed by atoms with Crippen molar-refractivity contribution in [3.8, 4) is 17.1 Å². The highest BCUT2D eigenvalue weighted by atomic mass is 35.5. The van der Waals surface area contributed by atoms with E-state index >= 15 is 0 Å². The lowest BCUT2D eigenvalue weighted by Gasteiger charge is -2.13. The molecule has 0 radical (unpaired) electrons. The van der Waals surface area contributed by atoms with Gasteiger partial charge in [0.05, 0.1) is 21.0 Å². The van der Waals surface area contributed by atoms with Gasteiger partial charge in [0.15, 0.2) is 11.0 Å². The molecule has 0 fully saturated rings. The van der Waals surface area contributed by atoms with E-state index in [2.05, 4.69) is 10.2 Å². The molecular weight excluding hydrogens is 434 g/mol. The van der Waals surface area contributed by atoms with Gasteiger partial charge in [-0.25, -0.2) is 4.39 Å². The third-order valence-electron chi connectivity index (χ3n) is 3.65. The van der Waals surface area contributed by atoms with E-state index in [0.717, 1.165) is 11.8 Å². The number of thioether (sulfide) groups is 1. The number of rotatable bonds is 5. The predicted octanol–water partition coefficient (Wildman–Crippen LogP) is 5.00. The van der Waals surface area contributed by atoms with Gasteiger partial charge in [0.25, 0.3) is 0 Å². The molecule has 1 amide bonds. The third kappa shape index (κ3) is 4.21. The fourth-order valence-electron chi connectivity index (χ4n) is 2.26. The Hall–Kier alpha value is -1.80. The fraction of sp³-hybridized carbons (Fsp3) is 0.118. The van der Waals surface area contributed by atoms with E-state index in [1.807, 2.05) is 0 Å². The van der Waals surface area contributed by atoms with E-state index in [-0.39, 0.29) is 5.02 Å². The van der Waals surface area contributed by atoms with Crippen molar-refractivity contribution < 1.29 is 9.18 Å². The summed E-state index contributed by atoms with van der Waals surface area (Å²) in [5, 5.41) is 8.93. The maximum Gasteiger partial charge on any atom is 0.230 e. The highest BCUT2D eigenvalue weighted by Gasteiger charge is 2.22. The van der Waals surface area contributed by atoms with Gasteiger partial charge in [0, 0.05) is 10.6 Å². The number of carbonyl (C=O) groups excluding carboxylic acids is 1. The second-order valence-electron chi connectivity index (χ2n) is 5.53. The Morgan fingerprint density at radius 2 is 1.89 bits per heavy atom. The van der Waals surface area contributed by atoms with Crippen LogP contribution in [0.25, 0.3) is 17.1 Å². The largest absolute Gasteiger partial charge is 0.369 e. The molecule has 2 N–H and O–H groups in total. The highest BCUT2D eigenvalue weighted by Crippen LogP contribution is 2.35. The van der Waals surface area contributed by atoms with E-state index < -0.39 is 17.0 Å². The van der Waals surface area contributed by atoms with Gasteiger partial charge in [0.2, 0.25) is 5.91 Å². The van der Waals surface area contributed by atoms with Crippen LogP contribution in [0.3, 0.4) is 0 Å². The minimum absolute atomic E-state index is 0.0618. The monoisotopic (exact) mass is 444 g/mol. The van der Waals surface area contributed by atoms with Crippen LogP contribution in [0.1, 0.15) is 6.92 Å². The Kier molecular flexibility index (Phi) is 5.95. The predicted molar refractivity (Wildman–Crippen MR) is 106 cm³/mol. The maximum atomic E-state index is 13.6. The summed E-state index contributed by atoms with van der Waals surface area (Å²) in [6.45, 7) is 1.65. The lowest BCUT2D eigenvalue weighted by atomic mass is 10.2. The number of hydrogen-bond donors (Lipinski definition) is 1. The summed E-state index contributed by atoms with van der Waals surface area (Å²) >= 11 is 19.3. The second kappa shape index (κ2) is 8.06. The average molecular weight is 446 g/mol. The number of primary amides is 1. The van der Waals surface area contributed by atoms with Gasteiger partial charge < -0.3 is 5.73 Å². The summed E-state index contributed by atoms with van der Waals surface area (Å²) < 4.78 is 15.2. The topological polar surface area (TPSA) is 73.8 Å². The first-order valence-electron chi connectivity index (χ1n) is 7.60. The van der Waals surface area contributed by atoms with E-state index in [1.165, 1.54) is 18.2 Å². The number of nitrogens with two attached hydrogens (primary N) is 1. The normalized spacial score (nSPS) is 12.2. The summed E-state index contributed by atoms with van der Waals surface area (Å²) in [6, 6.07) is 9.13. The Morgan fingerprint density at radius 3 is 2.52 bits per heavy atom. The first-order chi connectivity index (χ1) is 12.8. The minimum atomic E-state index is -0.558. The molecule has 10 heteroatoms. The van der Waals surface area contributed by atoms with Crippen LogP contribution in [-0.4, -0.2) is 25.9 Å². The number of hydrogen-bond acceptors (Lipinski definition) is 4. The van der Waals surface area contributed by atoms with E-state index in [1.54, 1.807) is 29.7 Å². The molecule has 5 nitrogen and oxygen atoms in total. The smallest absolute Gasteiger partial charge is 0.230 e. The van der Waals surface area contributed by atoms with Crippen LogP contribution >= 0.6 is 46.6 Å². The molecule has 0 aliphatic rings. The molecule has 0 bridgehead atoms. The molecule has 0 aliphatic heterocycles. The first-order valence-corrected chi connectivity index (χ1v) is 9.61. The van der Waals surface area contributed by atoms with Crippen molar-refractivity contribution in [2.24, 2.45) is 5.73 Å². The van der Waals surface area contributed by atoms with Gasteiger partial charge in [-0.15, -0.1) is 10.2 Å².